The molecule has 1 atom stereocenters. The van der Waals surface area contributed by atoms with Crippen LogP contribution in [0.25, 0.3) is 5.65 Å². The molecule has 0 bridgehead atoms. The molecule has 1 fully saturated rings. The van der Waals surface area contributed by atoms with E-state index in [9.17, 15) is 9.18 Å². The van der Waals surface area contributed by atoms with Gasteiger partial charge in [-0.1, -0.05) is 0 Å². The Morgan fingerprint density at radius 2 is 2.19 bits per heavy atom. The second-order valence-corrected chi connectivity index (χ2v) is 6.65. The second-order valence-electron chi connectivity index (χ2n) is 6.65. The van der Waals surface area contributed by atoms with Crippen LogP contribution >= 0.6 is 0 Å². The van der Waals surface area contributed by atoms with Gasteiger partial charge < -0.3 is 19.9 Å². The molecule has 1 aliphatic heterocycles. The molecule has 3 aromatic heterocycles. The Labute approximate surface area is 155 Å². The zero-order valence-corrected chi connectivity index (χ0v) is 15.1. The first kappa shape index (κ1) is 17.3. The highest BCUT2D eigenvalue weighted by atomic mass is 19.1. The van der Waals surface area contributed by atoms with Gasteiger partial charge in [-0.2, -0.15) is 0 Å². The first-order valence-electron chi connectivity index (χ1n) is 8.77. The Kier molecular flexibility index (Phi) is 4.44. The zero-order chi connectivity index (χ0) is 19.0. The van der Waals surface area contributed by atoms with Crippen molar-refractivity contribution in [3.63, 3.8) is 0 Å². The van der Waals surface area contributed by atoms with Gasteiger partial charge in [-0.25, -0.2) is 19.3 Å². The number of nitrogens with one attached hydrogen (secondary N) is 2. The van der Waals surface area contributed by atoms with Crippen molar-refractivity contribution in [3.8, 4) is 0 Å². The fourth-order valence-electron chi connectivity index (χ4n) is 3.21. The van der Waals surface area contributed by atoms with Crippen LogP contribution in [0.2, 0.25) is 0 Å². The van der Waals surface area contributed by atoms with Gasteiger partial charge in [0.1, 0.15) is 11.5 Å². The number of imidazole rings is 1. The Hall–Kier alpha value is -3.07. The maximum atomic E-state index is 14.1. The van der Waals surface area contributed by atoms with Crippen molar-refractivity contribution in [2.75, 3.05) is 29.9 Å². The van der Waals surface area contributed by atoms with Crippen molar-refractivity contribution in [3.05, 3.63) is 48.1 Å². The molecular weight excluding hydrogens is 349 g/mol. The summed E-state index contributed by atoms with van der Waals surface area (Å²) in [6.07, 6.45) is 6.34. The maximum absolute atomic E-state index is 14.1. The van der Waals surface area contributed by atoms with E-state index in [0.717, 1.165) is 25.5 Å². The summed E-state index contributed by atoms with van der Waals surface area (Å²) in [5.74, 6) is -0.213. The van der Waals surface area contributed by atoms with E-state index in [4.69, 9.17) is 0 Å². The lowest BCUT2D eigenvalue weighted by Gasteiger charge is -2.34. The average molecular weight is 369 g/mol. The van der Waals surface area contributed by atoms with Crippen LogP contribution in [0.3, 0.4) is 0 Å². The van der Waals surface area contributed by atoms with Gasteiger partial charge in [-0.05, 0) is 13.8 Å². The van der Waals surface area contributed by atoms with Crippen LogP contribution in [0.5, 0.6) is 0 Å². The summed E-state index contributed by atoms with van der Waals surface area (Å²) in [4.78, 5) is 27.3. The second kappa shape index (κ2) is 6.92. The smallest absolute Gasteiger partial charge is 0.275 e. The SMILES string of the molecule is Cc1cn2cc(NC(=O)c3cnc(N4CCNC[C@@H]4C)cn3)cc(F)c2n1. The van der Waals surface area contributed by atoms with Gasteiger partial charge >= 0.3 is 0 Å². The highest BCUT2D eigenvalue weighted by Gasteiger charge is 2.20. The molecule has 0 spiro atoms. The van der Waals surface area contributed by atoms with Gasteiger partial charge in [-0.3, -0.25) is 4.79 Å². The summed E-state index contributed by atoms with van der Waals surface area (Å²) in [6.45, 7) is 6.49. The third-order valence-corrected chi connectivity index (χ3v) is 4.55. The van der Waals surface area contributed by atoms with Crippen LogP contribution in [0, 0.1) is 12.7 Å². The van der Waals surface area contributed by atoms with Crippen LogP contribution in [-0.2, 0) is 0 Å². The van der Waals surface area contributed by atoms with Gasteiger partial charge in [0.15, 0.2) is 11.5 Å². The van der Waals surface area contributed by atoms with Gasteiger partial charge in [0, 0.05) is 44.1 Å². The van der Waals surface area contributed by atoms with Gasteiger partial charge in [0.2, 0.25) is 0 Å². The molecule has 8 nitrogen and oxygen atoms in total. The molecule has 4 heterocycles. The van der Waals surface area contributed by atoms with Crippen LogP contribution in [0.15, 0.2) is 30.9 Å². The summed E-state index contributed by atoms with van der Waals surface area (Å²) < 4.78 is 15.7. The lowest BCUT2D eigenvalue weighted by molar-refractivity contribution is 0.102. The van der Waals surface area contributed by atoms with E-state index in [1.165, 1.54) is 12.3 Å². The van der Waals surface area contributed by atoms with E-state index in [1.54, 1.807) is 29.9 Å². The lowest BCUT2D eigenvalue weighted by atomic mass is 10.2. The molecule has 27 heavy (non-hydrogen) atoms. The Balaban J connectivity index is 1.51. The molecule has 140 valence electrons. The molecule has 0 unspecified atom stereocenters. The number of pyridine rings is 1. The number of aromatic nitrogens is 4. The lowest BCUT2D eigenvalue weighted by Crippen LogP contribution is -2.50. The number of hydrogen-bond acceptors (Lipinski definition) is 6. The zero-order valence-electron chi connectivity index (χ0n) is 15.1. The van der Waals surface area contributed by atoms with Crippen molar-refractivity contribution in [2.45, 2.75) is 19.9 Å². The molecule has 1 saturated heterocycles. The third kappa shape index (κ3) is 3.45. The molecule has 4 rings (SSSR count). The number of anilines is 2. The first-order chi connectivity index (χ1) is 13.0. The first-order valence-corrected chi connectivity index (χ1v) is 8.77. The standard InChI is InChI=1S/C18H20FN7O/c1-11-9-25-10-13(5-14(19)17(25)23-11)24-18(27)15-7-22-16(8-21-15)26-4-3-20-6-12(26)2/h5,7-10,12,20H,3-4,6H2,1-2H3,(H,24,27)/t12-/m0/s1. The quantitative estimate of drug-likeness (QED) is 0.730. The summed E-state index contributed by atoms with van der Waals surface area (Å²) in [7, 11) is 0. The minimum atomic E-state index is -0.505. The van der Waals surface area contributed by atoms with E-state index in [-0.39, 0.29) is 11.3 Å². The van der Waals surface area contributed by atoms with Crippen LogP contribution in [0.4, 0.5) is 15.9 Å². The predicted molar refractivity (Wildman–Crippen MR) is 99.5 cm³/mol. The summed E-state index contributed by atoms with van der Waals surface area (Å²) in [6, 6.07) is 1.55. The molecule has 1 amide bonds. The average Bonchev–Trinajstić information content (AvgIpc) is 3.03. The number of rotatable bonds is 3. The normalized spacial score (nSPS) is 17.3. The highest BCUT2D eigenvalue weighted by Crippen LogP contribution is 2.18. The van der Waals surface area contributed by atoms with E-state index in [1.807, 2.05) is 0 Å². The number of carbonyl (C=O) groups is 1. The van der Waals surface area contributed by atoms with E-state index in [2.05, 4.69) is 37.4 Å². The Morgan fingerprint density at radius 3 is 2.93 bits per heavy atom. The number of nitrogens with zero attached hydrogens (tertiary/aromatic N) is 5. The molecule has 2 N–H and O–H groups in total. The fraction of sp³-hybridized carbons (Fsp3) is 0.333. The number of aryl methyl sites for hydroxylation is 1. The molecular formula is C18H20FN7O. The van der Waals surface area contributed by atoms with Gasteiger partial charge in [0.25, 0.3) is 5.91 Å². The third-order valence-electron chi connectivity index (χ3n) is 4.55. The minimum absolute atomic E-state index is 0.170. The molecule has 3 aromatic rings. The van der Waals surface area contributed by atoms with Crippen molar-refractivity contribution >= 4 is 23.1 Å². The number of hydrogen-bond donors (Lipinski definition) is 2. The number of piperazine rings is 1. The molecule has 0 radical (unpaired) electrons. The largest absolute Gasteiger partial charge is 0.350 e. The van der Waals surface area contributed by atoms with Crippen molar-refractivity contribution < 1.29 is 9.18 Å². The molecule has 0 saturated carbocycles. The molecule has 9 heteroatoms. The van der Waals surface area contributed by atoms with Crippen molar-refractivity contribution in [1.82, 2.24) is 24.7 Å². The molecule has 0 aromatic carbocycles. The number of amides is 1. The Morgan fingerprint density at radius 1 is 1.33 bits per heavy atom. The molecule has 0 aliphatic carbocycles. The van der Waals surface area contributed by atoms with Gasteiger partial charge in [0.05, 0.1) is 23.8 Å². The topological polar surface area (TPSA) is 87.5 Å². The van der Waals surface area contributed by atoms with Crippen LogP contribution < -0.4 is 15.5 Å². The minimum Gasteiger partial charge on any atom is -0.350 e. The van der Waals surface area contributed by atoms with E-state index < -0.39 is 11.7 Å². The summed E-state index contributed by atoms with van der Waals surface area (Å²) in [5.41, 5.74) is 1.41. The number of halogens is 1. The van der Waals surface area contributed by atoms with Crippen molar-refractivity contribution in [2.24, 2.45) is 0 Å². The van der Waals surface area contributed by atoms with E-state index in [0.29, 0.717) is 17.4 Å². The van der Waals surface area contributed by atoms with Gasteiger partial charge in [-0.15, -0.1) is 0 Å². The fourth-order valence-corrected chi connectivity index (χ4v) is 3.21. The number of fused-ring (bicyclic) bond motifs is 1. The number of carbonyl (C=O) groups excluding carboxylic acids is 1. The summed E-state index contributed by atoms with van der Waals surface area (Å²) >= 11 is 0. The maximum Gasteiger partial charge on any atom is 0.275 e. The molecule has 1 aliphatic rings. The summed E-state index contributed by atoms with van der Waals surface area (Å²) in [5, 5.41) is 5.97. The predicted octanol–water partition coefficient (Wildman–Crippen LogP) is 1.62. The van der Waals surface area contributed by atoms with E-state index >= 15 is 0 Å². The monoisotopic (exact) mass is 369 g/mol. The van der Waals surface area contributed by atoms with Crippen LogP contribution in [-0.4, -0.2) is 50.9 Å². The van der Waals surface area contributed by atoms with Crippen LogP contribution in [0.1, 0.15) is 23.1 Å². The van der Waals surface area contributed by atoms with Crippen molar-refractivity contribution in [1.29, 1.82) is 0 Å². The Bertz CT molecular complexity index is 985. The highest BCUT2D eigenvalue weighted by molar-refractivity contribution is 6.02.